The first-order valence-corrected chi connectivity index (χ1v) is 17.0. The van der Waals surface area contributed by atoms with E-state index in [-0.39, 0.29) is 10.5 Å². The number of allylic oxidation sites excluding steroid dienone is 2. The van der Waals surface area contributed by atoms with Crippen LogP contribution in [0.3, 0.4) is 0 Å². The second-order valence-corrected chi connectivity index (χ2v) is 17.1. The van der Waals surface area contributed by atoms with Crippen molar-refractivity contribution in [3.8, 4) is 0 Å². The zero-order chi connectivity index (χ0) is 27.6. The van der Waals surface area contributed by atoms with Crippen LogP contribution in [0, 0.1) is 29.1 Å². The van der Waals surface area contributed by atoms with Crippen molar-refractivity contribution < 1.29 is 13.7 Å². The number of hydrogen-bond donors (Lipinski definition) is 0. The molecule has 4 aliphatic carbocycles. The minimum absolute atomic E-state index is 0.122. The summed E-state index contributed by atoms with van der Waals surface area (Å²) in [5.41, 5.74) is 6.69. The van der Waals surface area contributed by atoms with E-state index in [2.05, 4.69) is 71.0 Å². The van der Waals surface area contributed by atoms with Gasteiger partial charge in [-0.1, -0.05) is 30.2 Å². The Hall–Kier alpha value is -1.17. The SMILES string of the molecule is CN(C)c1ccc([C@H]2C[C@]3(C)[C@H](CCS(=O)C(C)(C)C)CC[C@H]3[C@@H]3CC[C@H]4CC5(CCC4=C32)OCCO5)cc1. The first kappa shape index (κ1) is 28.0. The van der Waals surface area contributed by atoms with Crippen LogP contribution in [0.1, 0.15) is 97.0 Å². The van der Waals surface area contributed by atoms with Gasteiger partial charge in [-0.05, 0) is 112 Å². The summed E-state index contributed by atoms with van der Waals surface area (Å²) < 4.78 is 25.3. The molecule has 5 heteroatoms. The lowest BCUT2D eigenvalue weighted by Gasteiger charge is -2.54. The summed E-state index contributed by atoms with van der Waals surface area (Å²) in [6.45, 7) is 10.5. The molecular formula is C34H51NO3S. The molecule has 1 saturated heterocycles. The molecule has 7 atom stereocenters. The van der Waals surface area contributed by atoms with Gasteiger partial charge in [0.05, 0.1) is 13.2 Å². The van der Waals surface area contributed by atoms with Gasteiger partial charge in [0, 0.05) is 59.8 Å². The van der Waals surface area contributed by atoms with Gasteiger partial charge in [-0.15, -0.1) is 0 Å². The fraction of sp³-hybridized carbons (Fsp3) is 0.765. The molecule has 0 bridgehead atoms. The van der Waals surface area contributed by atoms with Gasteiger partial charge in [-0.25, -0.2) is 0 Å². The van der Waals surface area contributed by atoms with Crippen LogP contribution in [0.5, 0.6) is 0 Å². The smallest absolute Gasteiger partial charge is 0.169 e. The van der Waals surface area contributed by atoms with E-state index in [0.29, 0.717) is 29.1 Å². The molecule has 0 N–H and O–H groups in total. The maximum Gasteiger partial charge on any atom is 0.169 e. The first-order valence-electron chi connectivity index (χ1n) is 15.7. The number of ether oxygens (including phenoxy) is 2. The number of hydrogen-bond acceptors (Lipinski definition) is 4. The van der Waals surface area contributed by atoms with Gasteiger partial charge in [0.25, 0.3) is 0 Å². The largest absolute Gasteiger partial charge is 0.378 e. The Morgan fingerprint density at radius 2 is 1.72 bits per heavy atom. The van der Waals surface area contributed by atoms with Crippen molar-refractivity contribution >= 4 is 16.5 Å². The van der Waals surface area contributed by atoms with E-state index in [9.17, 15) is 4.21 Å². The van der Waals surface area contributed by atoms with Crippen LogP contribution in [0.15, 0.2) is 35.4 Å². The summed E-state index contributed by atoms with van der Waals surface area (Å²) in [5.74, 6) is 3.79. The van der Waals surface area contributed by atoms with Crippen LogP contribution in [0.4, 0.5) is 5.69 Å². The molecule has 3 saturated carbocycles. The molecular weight excluding hydrogens is 502 g/mol. The third-order valence-electron chi connectivity index (χ3n) is 11.5. The second-order valence-electron chi connectivity index (χ2n) is 14.8. The summed E-state index contributed by atoms with van der Waals surface area (Å²) in [4.78, 5) is 2.20. The highest BCUT2D eigenvalue weighted by atomic mass is 32.2. The first-order chi connectivity index (χ1) is 18.5. The quantitative estimate of drug-likeness (QED) is 0.355. The number of rotatable bonds is 5. The Morgan fingerprint density at radius 1 is 1.00 bits per heavy atom. The molecule has 39 heavy (non-hydrogen) atoms. The molecule has 4 nitrogen and oxygen atoms in total. The molecule has 1 aromatic rings. The van der Waals surface area contributed by atoms with Crippen LogP contribution in [0.25, 0.3) is 0 Å². The average molecular weight is 554 g/mol. The Labute approximate surface area is 239 Å². The van der Waals surface area contributed by atoms with Gasteiger partial charge in [-0.2, -0.15) is 0 Å². The molecule has 1 aliphatic heterocycles. The van der Waals surface area contributed by atoms with Crippen molar-refractivity contribution in [3.05, 3.63) is 41.0 Å². The number of anilines is 1. The maximum atomic E-state index is 13.0. The van der Waals surface area contributed by atoms with E-state index >= 15 is 0 Å². The molecule has 4 fully saturated rings. The summed E-state index contributed by atoms with van der Waals surface area (Å²) in [6.07, 6.45) is 10.8. The van der Waals surface area contributed by atoms with Crippen molar-refractivity contribution in [2.45, 2.75) is 102 Å². The second kappa shape index (κ2) is 10.3. The molecule has 0 amide bonds. The Kier molecular flexibility index (Phi) is 7.37. The molecule has 1 unspecified atom stereocenters. The number of nitrogens with zero attached hydrogens (tertiary/aromatic N) is 1. The zero-order valence-corrected chi connectivity index (χ0v) is 26.1. The molecule has 1 spiro atoms. The molecule has 1 heterocycles. The van der Waals surface area contributed by atoms with E-state index in [1.54, 1.807) is 5.57 Å². The molecule has 0 aromatic heterocycles. The van der Waals surface area contributed by atoms with Crippen molar-refractivity contribution in [1.29, 1.82) is 0 Å². The summed E-state index contributed by atoms with van der Waals surface area (Å²) in [7, 11) is 3.49. The molecule has 0 radical (unpaired) electrons. The van der Waals surface area contributed by atoms with Crippen molar-refractivity contribution in [2.75, 3.05) is 38.0 Å². The van der Waals surface area contributed by atoms with Crippen LogP contribution >= 0.6 is 0 Å². The predicted octanol–water partition coefficient (Wildman–Crippen LogP) is 7.46. The standard InChI is InChI=1S/C34H51NO3S/c1-32(2,3)39(36)20-16-25-10-14-30-28-13-9-24-21-34(37-18-19-38-34)17-15-27(24)31(28)29(22-33(25,30)4)23-7-11-26(12-8-23)35(5)6/h7-8,11-12,24-25,28-30H,9-10,13-22H2,1-6H3/t24-,25-,28-,29+,30-,33+,39?/m0/s1. The lowest BCUT2D eigenvalue weighted by Crippen LogP contribution is -2.46. The summed E-state index contributed by atoms with van der Waals surface area (Å²) in [5, 5.41) is 0. The number of fused-ring (bicyclic) bond motifs is 4. The van der Waals surface area contributed by atoms with Crippen molar-refractivity contribution in [1.82, 2.24) is 0 Å². The Bertz CT molecular complexity index is 1110. The van der Waals surface area contributed by atoms with Crippen LogP contribution in [0.2, 0.25) is 0 Å². The van der Waals surface area contributed by atoms with Gasteiger partial charge >= 0.3 is 0 Å². The minimum atomic E-state index is -0.771. The highest BCUT2D eigenvalue weighted by Crippen LogP contribution is 2.67. The van der Waals surface area contributed by atoms with Crippen LogP contribution < -0.4 is 4.90 Å². The van der Waals surface area contributed by atoms with Gasteiger partial charge in [0.1, 0.15) is 0 Å². The average Bonchev–Trinajstić information content (AvgIpc) is 3.49. The van der Waals surface area contributed by atoms with Crippen molar-refractivity contribution in [3.63, 3.8) is 0 Å². The fourth-order valence-corrected chi connectivity index (χ4v) is 10.5. The molecule has 216 valence electrons. The molecule has 1 aromatic carbocycles. The molecule has 6 rings (SSSR count). The zero-order valence-electron chi connectivity index (χ0n) is 25.3. The normalized spacial score (nSPS) is 36.4. The highest BCUT2D eigenvalue weighted by Gasteiger charge is 2.57. The van der Waals surface area contributed by atoms with Gasteiger partial charge in [-0.3, -0.25) is 4.21 Å². The van der Waals surface area contributed by atoms with Crippen LogP contribution in [-0.2, 0) is 20.3 Å². The van der Waals surface area contributed by atoms with E-state index in [1.165, 1.54) is 43.4 Å². The van der Waals surface area contributed by atoms with Crippen molar-refractivity contribution in [2.24, 2.45) is 29.1 Å². The number of benzene rings is 1. The van der Waals surface area contributed by atoms with Crippen LogP contribution in [-0.4, -0.2) is 47.8 Å². The highest BCUT2D eigenvalue weighted by molar-refractivity contribution is 7.86. The lowest BCUT2D eigenvalue weighted by atomic mass is 9.51. The summed E-state index contributed by atoms with van der Waals surface area (Å²) >= 11 is 0. The third-order valence-corrected chi connectivity index (χ3v) is 13.5. The Balaban J connectivity index is 1.35. The molecule has 5 aliphatic rings. The third kappa shape index (κ3) is 4.97. The van der Waals surface area contributed by atoms with Gasteiger partial charge in [0.2, 0.25) is 0 Å². The minimum Gasteiger partial charge on any atom is -0.378 e. The lowest BCUT2D eigenvalue weighted by molar-refractivity contribution is -0.181. The van der Waals surface area contributed by atoms with E-state index in [1.807, 2.05) is 5.57 Å². The van der Waals surface area contributed by atoms with Gasteiger partial charge in [0.15, 0.2) is 5.79 Å². The maximum absolute atomic E-state index is 13.0. The van der Waals surface area contributed by atoms with Gasteiger partial charge < -0.3 is 14.4 Å². The van der Waals surface area contributed by atoms with E-state index in [0.717, 1.165) is 50.6 Å². The van der Waals surface area contributed by atoms with E-state index < -0.39 is 10.8 Å². The summed E-state index contributed by atoms with van der Waals surface area (Å²) in [6, 6.07) is 9.48. The Morgan fingerprint density at radius 3 is 2.38 bits per heavy atom. The topological polar surface area (TPSA) is 38.8 Å². The predicted molar refractivity (Wildman–Crippen MR) is 162 cm³/mol. The monoisotopic (exact) mass is 553 g/mol. The van der Waals surface area contributed by atoms with E-state index in [4.69, 9.17) is 9.47 Å². The fourth-order valence-electron chi connectivity index (χ4n) is 9.42.